The Morgan fingerprint density at radius 2 is 2.17 bits per heavy atom. The van der Waals surface area contributed by atoms with E-state index in [1.165, 1.54) is 5.57 Å². The fourth-order valence-corrected chi connectivity index (χ4v) is 3.45. The third-order valence-corrected chi connectivity index (χ3v) is 5.17. The zero-order valence-corrected chi connectivity index (χ0v) is 15.3. The molecule has 1 saturated heterocycles. The van der Waals surface area contributed by atoms with Crippen LogP contribution in [0.1, 0.15) is 58.3 Å². The number of allylic oxidation sites excluding steroid dienone is 3. The van der Waals surface area contributed by atoms with Crippen LogP contribution in [0.4, 0.5) is 0 Å². The highest BCUT2D eigenvalue weighted by Gasteiger charge is 2.61. The van der Waals surface area contributed by atoms with Crippen molar-refractivity contribution in [3.63, 3.8) is 0 Å². The zero-order chi connectivity index (χ0) is 17.4. The van der Waals surface area contributed by atoms with Crippen molar-refractivity contribution in [2.45, 2.75) is 70.0 Å². The first-order chi connectivity index (χ1) is 11.6. The molecule has 1 aliphatic heterocycles. The van der Waals surface area contributed by atoms with Crippen LogP contribution in [0, 0.1) is 0 Å². The molecular formula is C19H28O4S. The Morgan fingerprint density at radius 1 is 1.38 bits per heavy atom. The predicted molar refractivity (Wildman–Crippen MR) is 98.5 cm³/mol. The van der Waals surface area contributed by atoms with Crippen molar-refractivity contribution in [2.24, 2.45) is 0 Å². The number of hydrogen-bond acceptors (Lipinski definition) is 4. The van der Waals surface area contributed by atoms with E-state index >= 15 is 0 Å². The van der Waals surface area contributed by atoms with Crippen molar-refractivity contribution in [2.75, 3.05) is 13.2 Å². The van der Waals surface area contributed by atoms with Gasteiger partial charge in [0.25, 0.3) is 0 Å². The molecule has 2 aliphatic rings. The van der Waals surface area contributed by atoms with Crippen LogP contribution >= 0.6 is 12.2 Å². The van der Waals surface area contributed by atoms with Gasteiger partial charge in [-0.1, -0.05) is 50.2 Å². The molecule has 5 heteroatoms. The molecule has 0 bridgehead atoms. The Labute approximate surface area is 149 Å². The topological polar surface area (TPSA) is 59.1 Å². The molecule has 0 aromatic rings. The minimum Gasteiger partial charge on any atom is -0.479 e. The molecular weight excluding hydrogens is 324 g/mol. The highest BCUT2D eigenvalue weighted by Crippen LogP contribution is 2.43. The molecule has 0 spiro atoms. The normalized spacial score (nSPS) is 25.6. The lowest BCUT2D eigenvalue weighted by Gasteiger charge is -2.11. The average Bonchev–Trinajstić information content (AvgIpc) is 3.30. The molecule has 1 heterocycles. The summed E-state index contributed by atoms with van der Waals surface area (Å²) in [5, 5.41) is 9.27. The van der Waals surface area contributed by atoms with Crippen molar-refractivity contribution < 1.29 is 19.4 Å². The molecule has 0 aromatic carbocycles. The summed E-state index contributed by atoms with van der Waals surface area (Å²) in [6.45, 7) is 3.45. The van der Waals surface area contributed by atoms with E-state index in [2.05, 4.69) is 18.2 Å². The lowest BCUT2D eigenvalue weighted by molar-refractivity contribution is -0.143. The fraction of sp³-hybridized carbons (Fsp3) is 0.684. The van der Waals surface area contributed by atoms with Gasteiger partial charge in [-0.3, -0.25) is 0 Å². The number of aliphatic carboxylic acids is 1. The Morgan fingerprint density at radius 3 is 2.83 bits per heavy atom. The zero-order valence-electron chi connectivity index (χ0n) is 14.5. The highest BCUT2D eigenvalue weighted by atomic mass is 32.1. The molecule has 134 valence electrons. The van der Waals surface area contributed by atoms with E-state index in [1.54, 1.807) is 0 Å². The van der Waals surface area contributed by atoms with Crippen molar-refractivity contribution in [3.05, 3.63) is 23.8 Å². The van der Waals surface area contributed by atoms with Gasteiger partial charge >= 0.3 is 5.97 Å². The van der Waals surface area contributed by atoms with Gasteiger partial charge in [-0.2, -0.15) is 0 Å². The molecule has 2 unspecified atom stereocenters. The van der Waals surface area contributed by atoms with E-state index in [0.29, 0.717) is 13.0 Å². The summed E-state index contributed by atoms with van der Waals surface area (Å²) in [4.78, 5) is 12.3. The second kappa shape index (κ2) is 9.44. The van der Waals surface area contributed by atoms with E-state index in [1.807, 2.05) is 6.92 Å². The van der Waals surface area contributed by atoms with Crippen molar-refractivity contribution in [1.82, 2.24) is 0 Å². The smallest absolute Gasteiger partial charge is 0.338 e. The maximum absolute atomic E-state index is 11.3. The summed E-state index contributed by atoms with van der Waals surface area (Å²) in [5.74, 6) is -0.803. The molecule has 0 amide bonds. The monoisotopic (exact) mass is 352 g/mol. The average molecular weight is 352 g/mol. The summed E-state index contributed by atoms with van der Waals surface area (Å²) in [6.07, 6.45) is 13.3. The van der Waals surface area contributed by atoms with E-state index in [0.717, 1.165) is 56.4 Å². The predicted octanol–water partition coefficient (Wildman–Crippen LogP) is 4.23. The first-order valence-electron chi connectivity index (χ1n) is 8.98. The van der Waals surface area contributed by atoms with Crippen LogP contribution in [0.25, 0.3) is 0 Å². The third-order valence-electron chi connectivity index (χ3n) is 4.75. The first kappa shape index (κ1) is 19.3. The molecule has 1 aliphatic carbocycles. The third kappa shape index (κ3) is 5.23. The quantitative estimate of drug-likeness (QED) is 0.323. The summed E-state index contributed by atoms with van der Waals surface area (Å²) in [7, 11) is 0. The highest BCUT2D eigenvalue weighted by molar-refractivity contribution is 7.80. The van der Waals surface area contributed by atoms with Crippen LogP contribution in [0.15, 0.2) is 23.8 Å². The Hall–Kier alpha value is -1.04. The van der Waals surface area contributed by atoms with Gasteiger partial charge < -0.3 is 14.6 Å². The summed E-state index contributed by atoms with van der Waals surface area (Å²) >= 11 is 5.32. The number of ether oxygens (including phenoxy) is 2. The first-order valence-corrected chi connectivity index (χ1v) is 9.39. The molecule has 1 fully saturated rings. The number of rotatable bonds is 12. The maximum atomic E-state index is 11.3. The van der Waals surface area contributed by atoms with E-state index in [-0.39, 0.29) is 6.10 Å². The van der Waals surface area contributed by atoms with Crippen LogP contribution < -0.4 is 0 Å². The SMILES string of the molecule is CCC1OC1(CCCCCCOCCC1=CC=CCC1=S)C(=O)O. The molecule has 0 radical (unpaired) electrons. The number of epoxide rings is 1. The Bertz CT molecular complexity index is 511. The summed E-state index contributed by atoms with van der Waals surface area (Å²) in [6, 6.07) is 0. The van der Waals surface area contributed by atoms with Gasteiger partial charge in [-0.05, 0) is 37.7 Å². The summed E-state index contributed by atoms with van der Waals surface area (Å²) in [5.41, 5.74) is 0.340. The van der Waals surface area contributed by atoms with Crippen LogP contribution in [0.2, 0.25) is 0 Å². The number of thiocarbonyl (C=S) groups is 1. The molecule has 24 heavy (non-hydrogen) atoms. The minimum absolute atomic E-state index is 0.0895. The van der Waals surface area contributed by atoms with Crippen LogP contribution in [0.3, 0.4) is 0 Å². The number of unbranched alkanes of at least 4 members (excludes halogenated alkanes) is 3. The second-order valence-corrected chi connectivity index (χ2v) is 6.98. The van der Waals surface area contributed by atoms with E-state index < -0.39 is 11.6 Å². The second-order valence-electron chi connectivity index (χ2n) is 6.48. The molecule has 0 saturated carbocycles. The van der Waals surface area contributed by atoms with Gasteiger partial charge in [0, 0.05) is 17.9 Å². The fourth-order valence-electron chi connectivity index (χ4n) is 3.18. The van der Waals surface area contributed by atoms with Gasteiger partial charge in [-0.25, -0.2) is 4.79 Å². The van der Waals surface area contributed by atoms with Gasteiger partial charge in [0.1, 0.15) is 0 Å². The lowest BCUT2D eigenvalue weighted by Crippen LogP contribution is -2.26. The largest absolute Gasteiger partial charge is 0.479 e. The molecule has 2 rings (SSSR count). The van der Waals surface area contributed by atoms with Crippen molar-refractivity contribution >= 4 is 23.1 Å². The number of carbonyl (C=O) groups is 1. The molecule has 4 nitrogen and oxygen atoms in total. The molecule has 1 N–H and O–H groups in total. The van der Waals surface area contributed by atoms with Crippen molar-refractivity contribution in [3.8, 4) is 0 Å². The van der Waals surface area contributed by atoms with Gasteiger partial charge in [0.15, 0.2) is 5.60 Å². The standard InChI is InChI=1S/C19H28O4S/c1-2-17-19(23-17,18(20)21)12-7-3-4-8-13-22-14-11-15-9-5-6-10-16(15)24/h5-6,9,17H,2-4,7-8,10-14H2,1H3,(H,20,21). The van der Waals surface area contributed by atoms with Crippen molar-refractivity contribution in [1.29, 1.82) is 0 Å². The molecule has 2 atom stereocenters. The number of carboxylic acid groups (broad SMARTS) is 1. The van der Waals surface area contributed by atoms with Crippen LogP contribution in [-0.2, 0) is 14.3 Å². The molecule has 0 aromatic heterocycles. The Balaban J connectivity index is 1.46. The van der Waals surface area contributed by atoms with Gasteiger partial charge in [-0.15, -0.1) is 0 Å². The number of carboxylic acids is 1. The van der Waals surface area contributed by atoms with Gasteiger partial charge in [0.05, 0.1) is 12.7 Å². The number of hydrogen-bond donors (Lipinski definition) is 1. The van der Waals surface area contributed by atoms with E-state index in [9.17, 15) is 9.90 Å². The summed E-state index contributed by atoms with van der Waals surface area (Å²) < 4.78 is 11.1. The van der Waals surface area contributed by atoms with Crippen LogP contribution in [-0.4, -0.2) is 40.9 Å². The maximum Gasteiger partial charge on any atom is 0.338 e. The minimum atomic E-state index is -0.883. The van der Waals surface area contributed by atoms with E-state index in [4.69, 9.17) is 21.7 Å². The van der Waals surface area contributed by atoms with Crippen LogP contribution in [0.5, 0.6) is 0 Å². The lowest BCUT2D eigenvalue weighted by atomic mass is 9.96. The van der Waals surface area contributed by atoms with Gasteiger partial charge in [0.2, 0.25) is 0 Å². The Kier molecular flexibility index (Phi) is 7.59.